The molecule has 0 radical (unpaired) electrons. The van der Waals surface area contributed by atoms with E-state index in [9.17, 15) is 0 Å². The van der Waals surface area contributed by atoms with Crippen LogP contribution >= 0.6 is 0 Å². The fourth-order valence-corrected chi connectivity index (χ4v) is 3.57. The van der Waals surface area contributed by atoms with Crippen LogP contribution in [-0.2, 0) is 6.42 Å². The van der Waals surface area contributed by atoms with Crippen molar-refractivity contribution >= 4 is 33.5 Å². The maximum atomic E-state index is 6.58. The number of nitrogens with one attached hydrogen (secondary N) is 4. The number of aliphatic imine (C=N–C) groups is 1. The minimum atomic E-state index is -0.802. The van der Waals surface area contributed by atoms with Gasteiger partial charge < -0.3 is 26.3 Å². The molecule has 0 spiro atoms. The van der Waals surface area contributed by atoms with Crippen LogP contribution in [0.15, 0.2) is 78.2 Å². The molecule has 6 heteroatoms. The van der Waals surface area contributed by atoms with Crippen molar-refractivity contribution < 1.29 is 0 Å². The molecule has 27 heavy (non-hydrogen) atoms. The number of anilines is 1. The van der Waals surface area contributed by atoms with E-state index >= 15 is 0 Å². The maximum Gasteiger partial charge on any atom is 0.202 e. The van der Waals surface area contributed by atoms with Gasteiger partial charge in [-0.2, -0.15) is 0 Å². The Labute approximate surface area is 156 Å². The van der Waals surface area contributed by atoms with E-state index in [-0.39, 0.29) is 0 Å². The molecule has 0 saturated heterocycles. The van der Waals surface area contributed by atoms with Crippen molar-refractivity contribution in [1.82, 2.24) is 15.3 Å². The molecule has 0 bridgehead atoms. The first kappa shape index (κ1) is 15.7. The topological polar surface area (TPSA) is 94.0 Å². The standard InChI is InChI=1S/C21H20N6/c22-21(13-14-4-5-17-15(12-14)6-9-23-17)8-11-25-20(27-21)26-19-3-1-2-18-16(19)7-10-24-18/h1-12,23-24H,13,22H2,(H2,25,26,27). The Kier molecular flexibility index (Phi) is 3.51. The Morgan fingerprint density at radius 3 is 2.85 bits per heavy atom. The first-order valence-electron chi connectivity index (χ1n) is 8.91. The summed E-state index contributed by atoms with van der Waals surface area (Å²) in [6, 6.07) is 16.5. The molecule has 0 amide bonds. The highest BCUT2D eigenvalue weighted by Gasteiger charge is 2.25. The zero-order valence-electron chi connectivity index (χ0n) is 14.7. The smallest absolute Gasteiger partial charge is 0.202 e. The summed E-state index contributed by atoms with van der Waals surface area (Å²) >= 11 is 0. The van der Waals surface area contributed by atoms with E-state index in [1.54, 1.807) is 0 Å². The van der Waals surface area contributed by atoms with Gasteiger partial charge >= 0.3 is 0 Å². The van der Waals surface area contributed by atoms with Crippen molar-refractivity contribution in [3.05, 3.63) is 78.8 Å². The van der Waals surface area contributed by atoms with Crippen LogP contribution < -0.4 is 16.4 Å². The van der Waals surface area contributed by atoms with Crippen LogP contribution in [-0.4, -0.2) is 21.6 Å². The van der Waals surface area contributed by atoms with Crippen molar-refractivity contribution in [3.63, 3.8) is 0 Å². The molecular weight excluding hydrogens is 336 g/mol. The van der Waals surface area contributed by atoms with Gasteiger partial charge in [-0.05, 0) is 53.4 Å². The van der Waals surface area contributed by atoms with Gasteiger partial charge in [-0.25, -0.2) is 4.99 Å². The first-order valence-corrected chi connectivity index (χ1v) is 8.91. The van der Waals surface area contributed by atoms with E-state index in [4.69, 9.17) is 10.7 Å². The first-order chi connectivity index (χ1) is 13.2. The summed E-state index contributed by atoms with van der Waals surface area (Å²) in [7, 11) is 0. The zero-order valence-corrected chi connectivity index (χ0v) is 14.7. The lowest BCUT2D eigenvalue weighted by Crippen LogP contribution is -2.45. The molecular formula is C21H20N6. The molecule has 0 aliphatic carbocycles. The van der Waals surface area contributed by atoms with E-state index in [2.05, 4.69) is 44.9 Å². The number of H-pyrrole nitrogens is 2. The predicted molar refractivity (Wildman–Crippen MR) is 111 cm³/mol. The van der Waals surface area contributed by atoms with E-state index in [1.807, 2.05) is 48.9 Å². The van der Waals surface area contributed by atoms with Crippen molar-refractivity contribution in [1.29, 1.82) is 0 Å². The third kappa shape index (κ3) is 2.96. The number of nitrogens with zero attached hydrogens (tertiary/aromatic N) is 1. The number of rotatable bonds is 3. The van der Waals surface area contributed by atoms with Crippen LogP contribution in [0.2, 0.25) is 0 Å². The van der Waals surface area contributed by atoms with Gasteiger partial charge in [0.1, 0.15) is 5.66 Å². The Hall–Kier alpha value is -3.51. The van der Waals surface area contributed by atoms with Gasteiger partial charge in [-0.1, -0.05) is 12.1 Å². The molecule has 1 unspecified atom stereocenters. The van der Waals surface area contributed by atoms with Crippen LogP contribution in [0.3, 0.4) is 0 Å². The fourth-order valence-electron chi connectivity index (χ4n) is 3.57. The van der Waals surface area contributed by atoms with E-state index in [1.165, 1.54) is 5.39 Å². The molecule has 1 atom stereocenters. The van der Waals surface area contributed by atoms with Crippen LogP contribution in [0.25, 0.3) is 21.8 Å². The summed E-state index contributed by atoms with van der Waals surface area (Å²) in [5.41, 5.74) is 10.1. The largest absolute Gasteiger partial charge is 0.361 e. The molecule has 6 N–H and O–H groups in total. The highest BCUT2D eigenvalue weighted by molar-refractivity contribution is 6.03. The summed E-state index contributed by atoms with van der Waals surface area (Å²) in [5, 5.41) is 8.80. The number of aromatic nitrogens is 2. The molecule has 5 rings (SSSR count). The van der Waals surface area contributed by atoms with Crippen molar-refractivity contribution in [2.24, 2.45) is 10.7 Å². The Morgan fingerprint density at radius 2 is 1.89 bits per heavy atom. The lowest BCUT2D eigenvalue weighted by atomic mass is 9.99. The molecule has 1 aliphatic rings. The van der Waals surface area contributed by atoms with Crippen LogP contribution in [0, 0.1) is 0 Å². The highest BCUT2D eigenvalue weighted by Crippen LogP contribution is 2.24. The minimum absolute atomic E-state index is 0.617. The Balaban J connectivity index is 1.42. The number of hydrogen-bond acceptors (Lipinski definition) is 4. The number of nitrogens with two attached hydrogens (primary N) is 1. The van der Waals surface area contributed by atoms with Gasteiger partial charge in [-0.3, -0.25) is 0 Å². The fraction of sp³-hybridized carbons (Fsp3) is 0.0952. The molecule has 134 valence electrons. The second-order valence-electron chi connectivity index (χ2n) is 6.87. The zero-order chi connectivity index (χ0) is 18.3. The molecule has 2 aromatic carbocycles. The van der Waals surface area contributed by atoms with Crippen LogP contribution in [0.4, 0.5) is 5.69 Å². The van der Waals surface area contributed by atoms with Crippen LogP contribution in [0.5, 0.6) is 0 Å². The third-order valence-electron chi connectivity index (χ3n) is 4.86. The molecule has 3 heterocycles. The van der Waals surface area contributed by atoms with E-state index in [0.717, 1.165) is 27.7 Å². The molecule has 4 aromatic rings. The van der Waals surface area contributed by atoms with Crippen molar-refractivity contribution in [2.75, 3.05) is 5.32 Å². The van der Waals surface area contributed by atoms with Crippen molar-refractivity contribution in [3.8, 4) is 0 Å². The van der Waals surface area contributed by atoms with E-state index in [0.29, 0.717) is 12.4 Å². The summed E-state index contributed by atoms with van der Waals surface area (Å²) in [5.74, 6) is 0.636. The minimum Gasteiger partial charge on any atom is -0.361 e. The number of fused-ring (bicyclic) bond motifs is 2. The predicted octanol–water partition coefficient (Wildman–Crippen LogP) is 3.43. The highest BCUT2D eigenvalue weighted by atomic mass is 15.2. The van der Waals surface area contributed by atoms with Crippen LogP contribution in [0.1, 0.15) is 5.56 Å². The average molecular weight is 356 g/mol. The lowest BCUT2D eigenvalue weighted by molar-refractivity contribution is 0.543. The summed E-state index contributed by atoms with van der Waals surface area (Å²) in [6.45, 7) is 0. The van der Waals surface area contributed by atoms with Gasteiger partial charge in [0.2, 0.25) is 5.96 Å². The number of guanidine groups is 1. The Bertz CT molecular complexity index is 1180. The number of benzene rings is 2. The number of hydrogen-bond donors (Lipinski definition) is 5. The van der Waals surface area contributed by atoms with E-state index < -0.39 is 5.66 Å². The van der Waals surface area contributed by atoms with Gasteiger partial charge in [0, 0.05) is 41.4 Å². The molecule has 0 saturated carbocycles. The van der Waals surface area contributed by atoms with Gasteiger partial charge in [0.15, 0.2) is 0 Å². The normalized spacial score (nSPS) is 19.2. The Morgan fingerprint density at radius 1 is 1.00 bits per heavy atom. The summed E-state index contributed by atoms with van der Waals surface area (Å²) < 4.78 is 0. The monoisotopic (exact) mass is 356 g/mol. The van der Waals surface area contributed by atoms with Gasteiger partial charge in [0.25, 0.3) is 0 Å². The molecule has 0 fully saturated rings. The SMILES string of the molecule is NC1(Cc2ccc3[nH]ccc3c2)C=CNC(Nc2cccc3[nH]ccc23)=N1. The quantitative estimate of drug-likeness (QED) is 0.389. The second kappa shape index (κ2) is 6.03. The lowest BCUT2D eigenvalue weighted by Gasteiger charge is -2.27. The summed E-state index contributed by atoms with van der Waals surface area (Å²) in [6.07, 6.45) is 8.23. The average Bonchev–Trinajstić information content (AvgIpc) is 3.30. The number of aromatic amines is 2. The van der Waals surface area contributed by atoms with Gasteiger partial charge in [0.05, 0.1) is 5.69 Å². The third-order valence-corrected chi connectivity index (χ3v) is 4.86. The summed E-state index contributed by atoms with van der Waals surface area (Å²) in [4.78, 5) is 11.2. The second-order valence-corrected chi connectivity index (χ2v) is 6.87. The van der Waals surface area contributed by atoms with Gasteiger partial charge in [-0.15, -0.1) is 0 Å². The molecule has 1 aliphatic heterocycles. The maximum absolute atomic E-state index is 6.58. The van der Waals surface area contributed by atoms with Crippen molar-refractivity contribution in [2.45, 2.75) is 12.1 Å². The molecule has 2 aromatic heterocycles. The molecule has 6 nitrogen and oxygen atoms in total.